The predicted octanol–water partition coefficient (Wildman–Crippen LogP) is 3.70. The quantitative estimate of drug-likeness (QED) is 0.254. The third-order valence-electron chi connectivity index (χ3n) is 4.32. The largest absolute Gasteiger partial charge is 0.381 e. The Morgan fingerprint density at radius 1 is 1.32 bits per heavy atom. The summed E-state index contributed by atoms with van der Waals surface area (Å²) >= 11 is 0. The van der Waals surface area contributed by atoms with Crippen LogP contribution in [0.5, 0.6) is 0 Å². The first-order valence-electron chi connectivity index (χ1n) is 8.84. The van der Waals surface area contributed by atoms with Crippen LogP contribution in [-0.2, 0) is 10.2 Å². The summed E-state index contributed by atoms with van der Waals surface area (Å²) in [5, 5.41) is 6.68. The monoisotopic (exact) mass is 463 g/mol. The van der Waals surface area contributed by atoms with Crippen molar-refractivity contribution in [3.63, 3.8) is 0 Å². The van der Waals surface area contributed by atoms with E-state index in [1.165, 1.54) is 6.07 Å². The van der Waals surface area contributed by atoms with E-state index in [1.54, 1.807) is 19.2 Å². The molecular formula is C19H31FIN3O. The highest BCUT2D eigenvalue weighted by Crippen LogP contribution is 2.47. The Bertz CT molecular complexity index is 547. The van der Waals surface area contributed by atoms with Gasteiger partial charge in [0.05, 0.1) is 0 Å². The molecule has 0 radical (unpaired) electrons. The van der Waals surface area contributed by atoms with Crippen LogP contribution in [0.15, 0.2) is 29.3 Å². The molecular weight excluding hydrogens is 432 g/mol. The van der Waals surface area contributed by atoms with Gasteiger partial charge in [-0.1, -0.05) is 26.0 Å². The predicted molar refractivity (Wildman–Crippen MR) is 112 cm³/mol. The fourth-order valence-corrected chi connectivity index (χ4v) is 2.71. The van der Waals surface area contributed by atoms with Crippen molar-refractivity contribution < 1.29 is 9.13 Å². The second-order valence-corrected chi connectivity index (χ2v) is 6.97. The standard InChI is InChI=1S/C19H30FN3O.HI/c1-15(2)13-24-11-5-10-22-18(21-3)23-14-19(8-9-19)16-6-4-7-17(20)12-16;/h4,6-7,12,15H,5,8-11,13-14H2,1-3H3,(H2,21,22,23);1H. The molecule has 1 aromatic rings. The van der Waals surface area contributed by atoms with Gasteiger partial charge in [-0.3, -0.25) is 4.99 Å². The van der Waals surface area contributed by atoms with Crippen molar-refractivity contribution in [1.82, 2.24) is 10.6 Å². The van der Waals surface area contributed by atoms with Crippen LogP contribution in [0.4, 0.5) is 4.39 Å². The van der Waals surface area contributed by atoms with Gasteiger partial charge in [0.2, 0.25) is 0 Å². The first-order chi connectivity index (χ1) is 11.6. The van der Waals surface area contributed by atoms with Gasteiger partial charge in [-0.25, -0.2) is 4.39 Å². The van der Waals surface area contributed by atoms with Crippen LogP contribution >= 0.6 is 24.0 Å². The molecule has 0 heterocycles. The lowest BCUT2D eigenvalue weighted by molar-refractivity contribution is 0.108. The maximum atomic E-state index is 13.4. The first-order valence-corrected chi connectivity index (χ1v) is 8.84. The number of guanidine groups is 1. The Labute approximate surface area is 168 Å². The Morgan fingerprint density at radius 3 is 2.68 bits per heavy atom. The van der Waals surface area contributed by atoms with E-state index in [9.17, 15) is 4.39 Å². The fraction of sp³-hybridized carbons (Fsp3) is 0.632. The maximum absolute atomic E-state index is 13.4. The molecule has 2 rings (SSSR count). The van der Waals surface area contributed by atoms with Gasteiger partial charge in [0.25, 0.3) is 0 Å². The minimum absolute atomic E-state index is 0. The van der Waals surface area contributed by atoms with Crippen molar-refractivity contribution in [2.75, 3.05) is 33.4 Å². The van der Waals surface area contributed by atoms with Crippen LogP contribution in [0.25, 0.3) is 0 Å². The highest BCUT2D eigenvalue weighted by Gasteiger charge is 2.44. The molecule has 4 nitrogen and oxygen atoms in total. The average molecular weight is 463 g/mol. The van der Waals surface area contributed by atoms with Crippen LogP contribution in [0.1, 0.15) is 38.7 Å². The van der Waals surface area contributed by atoms with E-state index >= 15 is 0 Å². The van der Waals surface area contributed by atoms with Crippen LogP contribution in [-0.4, -0.2) is 39.3 Å². The summed E-state index contributed by atoms with van der Waals surface area (Å²) < 4.78 is 19.0. The topological polar surface area (TPSA) is 45.7 Å². The molecule has 142 valence electrons. The van der Waals surface area contributed by atoms with Crippen LogP contribution in [0.2, 0.25) is 0 Å². The lowest BCUT2D eigenvalue weighted by Crippen LogP contribution is -2.41. The van der Waals surface area contributed by atoms with Crippen molar-refractivity contribution in [3.8, 4) is 0 Å². The summed E-state index contributed by atoms with van der Waals surface area (Å²) in [6.07, 6.45) is 3.12. The highest BCUT2D eigenvalue weighted by atomic mass is 127. The number of benzene rings is 1. The summed E-state index contributed by atoms with van der Waals surface area (Å²) in [6, 6.07) is 6.95. The molecule has 0 unspecified atom stereocenters. The summed E-state index contributed by atoms with van der Waals surface area (Å²) in [4.78, 5) is 4.26. The molecule has 1 aromatic carbocycles. The SMILES string of the molecule is CN=C(NCCCOCC(C)C)NCC1(c2cccc(F)c2)CC1.I. The van der Waals surface area contributed by atoms with Gasteiger partial charge in [0.15, 0.2) is 5.96 Å². The molecule has 0 atom stereocenters. The summed E-state index contributed by atoms with van der Waals surface area (Å²) in [6.45, 7) is 7.47. The van der Waals surface area contributed by atoms with Crippen LogP contribution in [0, 0.1) is 11.7 Å². The van der Waals surface area contributed by atoms with Crippen molar-refractivity contribution in [2.45, 2.75) is 38.5 Å². The van der Waals surface area contributed by atoms with Crippen LogP contribution < -0.4 is 10.6 Å². The molecule has 2 N–H and O–H groups in total. The van der Waals surface area contributed by atoms with Crippen LogP contribution in [0.3, 0.4) is 0 Å². The first kappa shape index (κ1) is 22.2. The number of hydrogen-bond acceptors (Lipinski definition) is 2. The van der Waals surface area contributed by atoms with Crippen molar-refractivity contribution in [2.24, 2.45) is 10.9 Å². The van der Waals surface area contributed by atoms with E-state index in [1.807, 2.05) is 6.07 Å². The van der Waals surface area contributed by atoms with Crippen molar-refractivity contribution in [1.29, 1.82) is 0 Å². The number of ether oxygens (including phenoxy) is 1. The Hall–Kier alpha value is -0.890. The molecule has 1 aliphatic rings. The smallest absolute Gasteiger partial charge is 0.191 e. The summed E-state index contributed by atoms with van der Waals surface area (Å²) in [5.41, 5.74) is 1.13. The van der Waals surface area contributed by atoms with E-state index in [0.29, 0.717) is 5.92 Å². The number of nitrogens with zero attached hydrogens (tertiary/aromatic N) is 1. The number of aliphatic imine (C=N–C) groups is 1. The normalized spacial score (nSPS) is 15.6. The zero-order valence-electron chi connectivity index (χ0n) is 15.5. The Kier molecular flexibility index (Phi) is 9.71. The van der Waals surface area contributed by atoms with E-state index in [2.05, 4.69) is 29.5 Å². The molecule has 0 amide bonds. The molecule has 1 saturated carbocycles. The van der Waals surface area contributed by atoms with Gasteiger partial charge < -0.3 is 15.4 Å². The zero-order chi connectivity index (χ0) is 17.4. The van der Waals surface area contributed by atoms with Gasteiger partial charge >= 0.3 is 0 Å². The maximum Gasteiger partial charge on any atom is 0.191 e. The molecule has 0 bridgehead atoms. The second-order valence-electron chi connectivity index (χ2n) is 6.97. The minimum atomic E-state index is -0.164. The number of rotatable bonds is 9. The molecule has 0 spiro atoms. The molecule has 25 heavy (non-hydrogen) atoms. The number of nitrogens with one attached hydrogen (secondary N) is 2. The third kappa shape index (κ3) is 7.48. The van der Waals surface area contributed by atoms with E-state index < -0.39 is 0 Å². The Balaban J connectivity index is 0.00000312. The van der Waals surface area contributed by atoms with Gasteiger partial charge in [-0.2, -0.15) is 0 Å². The number of hydrogen-bond donors (Lipinski definition) is 2. The third-order valence-corrected chi connectivity index (χ3v) is 4.32. The lowest BCUT2D eigenvalue weighted by atomic mass is 9.96. The zero-order valence-corrected chi connectivity index (χ0v) is 17.8. The second kappa shape index (κ2) is 11.0. The van der Waals surface area contributed by atoms with E-state index in [4.69, 9.17) is 4.74 Å². The number of halogens is 2. The molecule has 0 aromatic heterocycles. The molecule has 0 saturated heterocycles. The molecule has 1 aliphatic carbocycles. The van der Waals surface area contributed by atoms with Crippen molar-refractivity contribution in [3.05, 3.63) is 35.6 Å². The Morgan fingerprint density at radius 2 is 2.08 bits per heavy atom. The van der Waals surface area contributed by atoms with Gasteiger partial charge in [0.1, 0.15) is 5.82 Å². The molecule has 0 aliphatic heterocycles. The molecule has 1 fully saturated rings. The highest BCUT2D eigenvalue weighted by molar-refractivity contribution is 14.0. The van der Waals surface area contributed by atoms with Gasteiger partial charge in [-0.05, 0) is 42.9 Å². The van der Waals surface area contributed by atoms with Crippen molar-refractivity contribution >= 4 is 29.9 Å². The fourth-order valence-electron chi connectivity index (χ4n) is 2.71. The summed E-state index contributed by atoms with van der Waals surface area (Å²) in [5.74, 6) is 1.20. The van der Waals surface area contributed by atoms with Gasteiger partial charge in [-0.15, -0.1) is 24.0 Å². The van der Waals surface area contributed by atoms with Gasteiger partial charge in [0, 0.05) is 38.8 Å². The summed E-state index contributed by atoms with van der Waals surface area (Å²) in [7, 11) is 1.77. The average Bonchev–Trinajstić information content (AvgIpc) is 3.34. The minimum Gasteiger partial charge on any atom is -0.381 e. The lowest BCUT2D eigenvalue weighted by Gasteiger charge is -2.19. The molecule has 6 heteroatoms. The van der Waals surface area contributed by atoms with E-state index in [0.717, 1.165) is 57.1 Å². The van der Waals surface area contributed by atoms with E-state index in [-0.39, 0.29) is 35.2 Å².